The largest absolute Gasteiger partial charge is 0.326 e. The van der Waals surface area contributed by atoms with Crippen LogP contribution in [0.5, 0.6) is 0 Å². The van der Waals surface area contributed by atoms with Crippen molar-refractivity contribution in [2.45, 2.75) is 64.2 Å². The van der Waals surface area contributed by atoms with Gasteiger partial charge in [0.05, 0.1) is 0 Å². The Morgan fingerprint density at radius 3 is 2.12 bits per heavy atom. The summed E-state index contributed by atoms with van der Waals surface area (Å²) in [4.78, 5) is 0. The topological polar surface area (TPSA) is 80.4 Å². The van der Waals surface area contributed by atoms with Gasteiger partial charge in [0.15, 0.2) is 0 Å². The molecule has 0 heterocycles. The van der Waals surface area contributed by atoms with Crippen LogP contribution in [0.3, 0.4) is 0 Å². The van der Waals surface area contributed by atoms with E-state index in [1.54, 1.807) is 6.08 Å². The molecule has 3 N–H and O–H groups in total. The molecule has 0 radical (unpaired) electrons. The molecular formula is C12H27NO3S. The molecule has 0 aliphatic heterocycles. The first-order valence-electron chi connectivity index (χ1n) is 5.94. The van der Waals surface area contributed by atoms with Crippen LogP contribution >= 0.6 is 0 Å². The van der Waals surface area contributed by atoms with E-state index in [1.807, 2.05) is 6.92 Å². The summed E-state index contributed by atoms with van der Waals surface area (Å²) in [5.41, 5.74) is 5.74. The molecule has 0 spiro atoms. The molecule has 0 aliphatic carbocycles. The third-order valence-electron chi connectivity index (χ3n) is 2.68. The van der Waals surface area contributed by atoms with Gasteiger partial charge in [0.1, 0.15) is 4.75 Å². The number of hydrogen-bond donors (Lipinski definition) is 2. The van der Waals surface area contributed by atoms with Crippen molar-refractivity contribution in [1.82, 2.24) is 0 Å². The Kier molecular flexibility index (Phi) is 9.66. The van der Waals surface area contributed by atoms with Crippen molar-refractivity contribution in [3.05, 3.63) is 12.7 Å². The Bertz CT molecular complexity index is 297. The highest BCUT2D eigenvalue weighted by Crippen LogP contribution is 2.22. The normalized spacial score (nSPS) is 13.5. The molecule has 4 nitrogen and oxygen atoms in total. The molecule has 17 heavy (non-hydrogen) atoms. The summed E-state index contributed by atoms with van der Waals surface area (Å²) < 4.78 is 29.7. The molecule has 0 aromatic rings. The molecule has 104 valence electrons. The maximum absolute atomic E-state index is 11.0. The number of unbranched alkanes of at least 4 members (excludes halogenated alkanes) is 2. The lowest BCUT2D eigenvalue weighted by Gasteiger charge is -2.28. The van der Waals surface area contributed by atoms with E-state index in [0.717, 1.165) is 19.3 Å². The van der Waals surface area contributed by atoms with Gasteiger partial charge in [0.2, 0.25) is 0 Å². The lowest BCUT2D eigenvalue weighted by atomic mass is 9.98. The van der Waals surface area contributed by atoms with E-state index < -0.39 is 20.9 Å². The second-order valence-electron chi connectivity index (χ2n) is 4.59. The summed E-state index contributed by atoms with van der Waals surface area (Å²) in [7, 11) is -4.06. The first kappa shape index (κ1) is 19.0. The van der Waals surface area contributed by atoms with Gasteiger partial charge < -0.3 is 5.73 Å². The Morgan fingerprint density at radius 1 is 1.41 bits per heavy atom. The third-order valence-corrected chi connectivity index (χ3v) is 4.31. The Balaban J connectivity index is 0. The summed E-state index contributed by atoms with van der Waals surface area (Å²) in [6.07, 6.45) is 5.38. The molecule has 0 saturated heterocycles. The van der Waals surface area contributed by atoms with Gasteiger partial charge >= 0.3 is 0 Å². The lowest BCUT2D eigenvalue weighted by molar-refractivity contribution is 0.393. The summed E-state index contributed by atoms with van der Waals surface area (Å²) in [6, 6.07) is -0.510. The predicted octanol–water partition coefficient (Wildman–Crippen LogP) is 2.75. The van der Waals surface area contributed by atoms with Crippen LogP contribution in [0, 0.1) is 0 Å². The SMILES string of the molecule is C=CC.CCCCCC(N)C(C)(C)S(=O)(=O)O. The summed E-state index contributed by atoms with van der Waals surface area (Å²) >= 11 is 0. The summed E-state index contributed by atoms with van der Waals surface area (Å²) in [6.45, 7) is 10.2. The molecule has 0 aromatic carbocycles. The van der Waals surface area contributed by atoms with Crippen molar-refractivity contribution in [2.75, 3.05) is 0 Å². The highest BCUT2D eigenvalue weighted by Gasteiger charge is 2.38. The third kappa shape index (κ3) is 7.52. The molecule has 0 aromatic heterocycles. The van der Waals surface area contributed by atoms with Crippen molar-refractivity contribution >= 4 is 10.1 Å². The number of rotatable bonds is 6. The molecule has 0 aliphatic rings. The minimum absolute atomic E-state index is 0.510. The van der Waals surface area contributed by atoms with E-state index in [1.165, 1.54) is 13.8 Å². The molecule has 5 heteroatoms. The average molecular weight is 265 g/mol. The molecule has 0 fully saturated rings. The van der Waals surface area contributed by atoms with Crippen LogP contribution in [0.25, 0.3) is 0 Å². The minimum Gasteiger partial charge on any atom is -0.326 e. The van der Waals surface area contributed by atoms with E-state index in [2.05, 4.69) is 13.5 Å². The lowest BCUT2D eigenvalue weighted by Crippen LogP contribution is -2.48. The van der Waals surface area contributed by atoms with Gasteiger partial charge in [0, 0.05) is 6.04 Å². The highest BCUT2D eigenvalue weighted by atomic mass is 32.2. The zero-order valence-electron chi connectivity index (χ0n) is 11.4. The van der Waals surface area contributed by atoms with Crippen LogP contribution in [-0.4, -0.2) is 23.8 Å². The van der Waals surface area contributed by atoms with Crippen molar-refractivity contribution in [3.8, 4) is 0 Å². The van der Waals surface area contributed by atoms with Crippen LogP contribution in [0.4, 0.5) is 0 Å². The zero-order chi connectivity index (χ0) is 14.1. The molecule has 1 atom stereocenters. The zero-order valence-corrected chi connectivity index (χ0v) is 12.3. The summed E-state index contributed by atoms with van der Waals surface area (Å²) in [5.74, 6) is 0. The minimum atomic E-state index is -4.06. The van der Waals surface area contributed by atoms with Crippen molar-refractivity contribution in [1.29, 1.82) is 0 Å². The van der Waals surface area contributed by atoms with E-state index in [0.29, 0.717) is 6.42 Å². The van der Waals surface area contributed by atoms with Gasteiger partial charge in [-0.3, -0.25) is 4.55 Å². The van der Waals surface area contributed by atoms with Gasteiger partial charge in [-0.1, -0.05) is 32.3 Å². The smallest absolute Gasteiger partial charge is 0.271 e. The fourth-order valence-corrected chi connectivity index (χ4v) is 1.65. The molecule has 0 amide bonds. The van der Waals surface area contributed by atoms with Crippen LogP contribution in [-0.2, 0) is 10.1 Å². The van der Waals surface area contributed by atoms with Crippen molar-refractivity contribution in [2.24, 2.45) is 5.73 Å². The average Bonchev–Trinajstić information content (AvgIpc) is 2.17. The van der Waals surface area contributed by atoms with Crippen LogP contribution in [0.15, 0.2) is 12.7 Å². The highest BCUT2D eigenvalue weighted by molar-refractivity contribution is 7.87. The standard InChI is InChI=1S/C9H21NO3S.C3H6/c1-4-5-6-7-8(10)9(2,3)14(11,12)13;1-3-2/h8H,4-7,10H2,1-3H3,(H,11,12,13);3H,1H2,2H3. The monoisotopic (exact) mass is 265 g/mol. The van der Waals surface area contributed by atoms with Crippen LogP contribution in [0.2, 0.25) is 0 Å². The molecule has 0 saturated carbocycles. The Labute approximate surface area is 106 Å². The molecule has 1 unspecified atom stereocenters. The number of hydrogen-bond acceptors (Lipinski definition) is 3. The first-order valence-corrected chi connectivity index (χ1v) is 7.38. The quantitative estimate of drug-likeness (QED) is 0.439. The second-order valence-corrected chi connectivity index (χ2v) is 6.59. The van der Waals surface area contributed by atoms with Gasteiger partial charge in [-0.25, -0.2) is 0 Å². The fraction of sp³-hybridized carbons (Fsp3) is 0.833. The van der Waals surface area contributed by atoms with Crippen molar-refractivity contribution < 1.29 is 13.0 Å². The predicted molar refractivity (Wildman–Crippen MR) is 73.6 cm³/mol. The maximum Gasteiger partial charge on any atom is 0.271 e. The van der Waals surface area contributed by atoms with Gasteiger partial charge in [0.25, 0.3) is 10.1 Å². The Morgan fingerprint density at radius 2 is 1.82 bits per heavy atom. The maximum atomic E-state index is 11.0. The van der Waals surface area contributed by atoms with E-state index in [4.69, 9.17) is 10.3 Å². The number of allylic oxidation sites excluding steroid dienone is 1. The second kappa shape index (κ2) is 8.66. The van der Waals surface area contributed by atoms with Crippen molar-refractivity contribution in [3.63, 3.8) is 0 Å². The summed E-state index contributed by atoms with van der Waals surface area (Å²) in [5, 5.41) is 0. The molecule has 0 bridgehead atoms. The number of nitrogens with two attached hydrogens (primary N) is 1. The van der Waals surface area contributed by atoms with Crippen LogP contribution in [0.1, 0.15) is 53.4 Å². The molecular weight excluding hydrogens is 238 g/mol. The van der Waals surface area contributed by atoms with E-state index in [-0.39, 0.29) is 0 Å². The van der Waals surface area contributed by atoms with Crippen LogP contribution < -0.4 is 5.73 Å². The fourth-order valence-electron chi connectivity index (χ4n) is 1.15. The Hall–Kier alpha value is -0.390. The van der Waals surface area contributed by atoms with E-state index >= 15 is 0 Å². The molecule has 0 rings (SSSR count). The van der Waals surface area contributed by atoms with Gasteiger partial charge in [-0.2, -0.15) is 8.42 Å². The van der Waals surface area contributed by atoms with Gasteiger partial charge in [-0.05, 0) is 27.2 Å². The first-order chi connectivity index (χ1) is 7.65. The van der Waals surface area contributed by atoms with E-state index in [9.17, 15) is 8.42 Å². The van der Waals surface area contributed by atoms with Gasteiger partial charge in [-0.15, -0.1) is 6.58 Å².